The zero-order chi connectivity index (χ0) is 29.3. The number of halogens is 1. The third kappa shape index (κ3) is 8.85. The van der Waals surface area contributed by atoms with Gasteiger partial charge < -0.3 is 19.7 Å². The van der Waals surface area contributed by atoms with E-state index in [1.54, 1.807) is 12.0 Å². The first kappa shape index (κ1) is 31.2. The van der Waals surface area contributed by atoms with Gasteiger partial charge in [-0.1, -0.05) is 76.2 Å². The Morgan fingerprint density at radius 1 is 0.975 bits per heavy atom. The zero-order valence-corrected chi connectivity index (χ0v) is 26.0. The molecule has 3 aromatic carbocycles. The molecule has 3 rings (SSSR count). The molecule has 1 N–H and O–H groups in total. The highest BCUT2D eigenvalue weighted by Crippen LogP contribution is 2.31. The van der Waals surface area contributed by atoms with E-state index in [0.29, 0.717) is 17.9 Å². The molecule has 40 heavy (non-hydrogen) atoms. The lowest BCUT2D eigenvalue weighted by atomic mass is 9.87. The summed E-state index contributed by atoms with van der Waals surface area (Å²) in [6.07, 6.45) is 1.16. The largest absolute Gasteiger partial charge is 0.497 e. The molecule has 2 amide bonds. The molecule has 6 nitrogen and oxygen atoms in total. The molecule has 0 radical (unpaired) electrons. The van der Waals surface area contributed by atoms with Crippen molar-refractivity contribution in [1.29, 1.82) is 0 Å². The van der Waals surface area contributed by atoms with E-state index >= 15 is 0 Å². The monoisotopic (exact) mass is 608 g/mol. The Balaban J connectivity index is 1.93. The lowest BCUT2D eigenvalue weighted by Gasteiger charge is -2.32. The van der Waals surface area contributed by atoms with Crippen LogP contribution < -0.4 is 14.8 Å². The van der Waals surface area contributed by atoms with Gasteiger partial charge in [0.1, 0.15) is 17.5 Å². The van der Waals surface area contributed by atoms with E-state index in [0.717, 1.165) is 27.6 Å². The van der Waals surface area contributed by atoms with Crippen molar-refractivity contribution in [3.8, 4) is 11.5 Å². The molecule has 0 saturated carbocycles. The van der Waals surface area contributed by atoms with Gasteiger partial charge in [0.25, 0.3) is 5.91 Å². The number of hydrogen-bond donors (Lipinski definition) is 1. The summed E-state index contributed by atoms with van der Waals surface area (Å²) >= 11 is 3.60. The highest BCUT2D eigenvalue weighted by molar-refractivity contribution is 9.10. The van der Waals surface area contributed by atoms with Crippen LogP contribution in [0.15, 0.2) is 77.3 Å². The molecule has 0 aromatic heterocycles. The fourth-order valence-electron chi connectivity index (χ4n) is 4.27. The van der Waals surface area contributed by atoms with Crippen LogP contribution in [0.5, 0.6) is 11.5 Å². The Kier molecular flexibility index (Phi) is 11.2. The van der Waals surface area contributed by atoms with Crippen LogP contribution in [0.3, 0.4) is 0 Å². The number of benzene rings is 3. The summed E-state index contributed by atoms with van der Waals surface area (Å²) in [5, 5.41) is 3.09. The van der Waals surface area contributed by atoms with Crippen LogP contribution >= 0.6 is 15.9 Å². The molecule has 0 saturated heterocycles. The highest BCUT2D eigenvalue weighted by atomic mass is 79.9. The summed E-state index contributed by atoms with van der Waals surface area (Å²) in [6.45, 7) is 10.4. The van der Waals surface area contributed by atoms with E-state index < -0.39 is 6.04 Å². The third-order valence-electron chi connectivity index (χ3n) is 6.91. The van der Waals surface area contributed by atoms with Gasteiger partial charge in [-0.15, -0.1) is 0 Å². The van der Waals surface area contributed by atoms with Gasteiger partial charge >= 0.3 is 0 Å². The maximum atomic E-state index is 13.9. The molecule has 214 valence electrons. The number of carbonyl (C=O) groups excluding carboxylic acids is 2. The Morgan fingerprint density at radius 3 is 2.30 bits per heavy atom. The summed E-state index contributed by atoms with van der Waals surface area (Å²) < 4.78 is 12.2. The topological polar surface area (TPSA) is 67.9 Å². The molecule has 7 heteroatoms. The summed E-state index contributed by atoms with van der Waals surface area (Å²) in [7, 11) is 1.61. The van der Waals surface area contributed by atoms with E-state index in [9.17, 15) is 9.59 Å². The Labute approximate surface area is 247 Å². The predicted molar refractivity (Wildman–Crippen MR) is 164 cm³/mol. The lowest BCUT2D eigenvalue weighted by molar-refractivity contribution is -0.143. The van der Waals surface area contributed by atoms with Gasteiger partial charge in [-0.05, 0) is 75.6 Å². The molecule has 0 aliphatic heterocycles. The third-order valence-corrected chi connectivity index (χ3v) is 7.53. The lowest BCUT2D eigenvalue weighted by Crippen LogP contribution is -2.53. The maximum absolute atomic E-state index is 13.9. The normalized spacial score (nSPS) is 12.8. The first-order valence-corrected chi connectivity index (χ1v) is 14.5. The number of hydrogen-bond acceptors (Lipinski definition) is 4. The number of methoxy groups -OCH3 is 1. The number of ether oxygens (including phenoxy) is 2. The molecule has 3 aromatic rings. The van der Waals surface area contributed by atoms with E-state index in [2.05, 4.69) is 42.0 Å². The van der Waals surface area contributed by atoms with Gasteiger partial charge in [0.05, 0.1) is 11.6 Å². The van der Waals surface area contributed by atoms with Crippen LogP contribution in [0.25, 0.3) is 0 Å². The average Bonchev–Trinajstić information content (AvgIpc) is 2.94. The molecule has 0 heterocycles. The van der Waals surface area contributed by atoms with Gasteiger partial charge in [-0.2, -0.15) is 0 Å². The van der Waals surface area contributed by atoms with Gasteiger partial charge in [0, 0.05) is 19.0 Å². The first-order valence-electron chi connectivity index (χ1n) is 13.7. The van der Waals surface area contributed by atoms with Crippen LogP contribution in [0.4, 0.5) is 0 Å². The average molecular weight is 610 g/mol. The van der Waals surface area contributed by atoms with Crippen LogP contribution in [0, 0.1) is 0 Å². The van der Waals surface area contributed by atoms with Crippen molar-refractivity contribution < 1.29 is 19.1 Å². The van der Waals surface area contributed by atoms with Crippen molar-refractivity contribution in [3.05, 3.63) is 94.0 Å². The van der Waals surface area contributed by atoms with Crippen molar-refractivity contribution in [2.24, 2.45) is 0 Å². The van der Waals surface area contributed by atoms with Gasteiger partial charge in [-0.3, -0.25) is 9.59 Å². The van der Waals surface area contributed by atoms with Gasteiger partial charge in [-0.25, -0.2) is 0 Å². The Morgan fingerprint density at radius 2 is 1.68 bits per heavy atom. The van der Waals surface area contributed by atoms with Crippen molar-refractivity contribution >= 4 is 27.7 Å². The standard InChI is InChI=1S/C33H41BrN2O4/c1-7-23(2)35-32(38)29(19-24-12-9-8-10-13-24)36(21-25-14-11-15-27(18-25)39-6)31(37)22-40-30-17-16-26(20-28(30)34)33(3,4)5/h8-18,20,23,29H,7,19,21-22H2,1-6H3,(H,35,38)/t23-,29-/m1/s1. The summed E-state index contributed by atoms with van der Waals surface area (Å²) in [5.74, 6) is 0.791. The summed E-state index contributed by atoms with van der Waals surface area (Å²) in [4.78, 5) is 29.2. The van der Waals surface area contributed by atoms with Crippen molar-refractivity contribution in [3.63, 3.8) is 0 Å². The van der Waals surface area contributed by atoms with Gasteiger partial charge in [0.15, 0.2) is 6.61 Å². The first-order chi connectivity index (χ1) is 19.0. The SMILES string of the molecule is CC[C@@H](C)NC(=O)[C@@H](Cc1ccccc1)N(Cc1cccc(OC)c1)C(=O)COc1ccc(C(C)(C)C)cc1Br. The summed E-state index contributed by atoms with van der Waals surface area (Å²) in [6, 6.07) is 22.5. The molecule has 0 unspecified atom stereocenters. The molecule has 0 fully saturated rings. The van der Waals surface area contributed by atoms with E-state index in [1.165, 1.54) is 0 Å². The molecule has 2 atom stereocenters. The van der Waals surface area contributed by atoms with E-state index in [4.69, 9.17) is 9.47 Å². The van der Waals surface area contributed by atoms with Gasteiger partial charge in [0.2, 0.25) is 5.91 Å². The van der Waals surface area contributed by atoms with E-state index in [-0.39, 0.29) is 36.4 Å². The minimum Gasteiger partial charge on any atom is -0.497 e. The van der Waals surface area contributed by atoms with Crippen molar-refractivity contribution in [1.82, 2.24) is 10.2 Å². The zero-order valence-electron chi connectivity index (χ0n) is 24.4. The second kappa shape index (κ2) is 14.4. The second-order valence-electron chi connectivity index (χ2n) is 11.1. The molecule has 0 aliphatic rings. The fraction of sp³-hybridized carbons (Fsp3) is 0.394. The highest BCUT2D eigenvalue weighted by Gasteiger charge is 2.31. The maximum Gasteiger partial charge on any atom is 0.261 e. The van der Waals surface area contributed by atoms with Crippen molar-refractivity contribution in [2.75, 3.05) is 13.7 Å². The minimum absolute atomic E-state index is 0.0158. The molecule has 0 aliphatic carbocycles. The number of amides is 2. The van der Waals surface area contributed by atoms with Crippen molar-refractivity contribution in [2.45, 2.75) is 71.5 Å². The number of nitrogens with one attached hydrogen (secondary N) is 1. The number of rotatable bonds is 12. The van der Waals surface area contributed by atoms with Crippen LogP contribution in [0.1, 0.15) is 57.7 Å². The molecule has 0 bridgehead atoms. The predicted octanol–water partition coefficient (Wildman–Crippen LogP) is 6.69. The second-order valence-corrected chi connectivity index (χ2v) is 11.9. The van der Waals surface area contributed by atoms with Crippen LogP contribution in [-0.4, -0.2) is 42.5 Å². The quantitative estimate of drug-likeness (QED) is 0.249. The van der Waals surface area contributed by atoms with Crippen LogP contribution in [0.2, 0.25) is 0 Å². The number of nitrogens with zero attached hydrogens (tertiary/aromatic N) is 1. The van der Waals surface area contributed by atoms with E-state index in [1.807, 2.05) is 86.6 Å². The Hall–Kier alpha value is -3.32. The smallest absolute Gasteiger partial charge is 0.261 e. The molecular weight excluding hydrogens is 568 g/mol. The fourth-order valence-corrected chi connectivity index (χ4v) is 4.76. The van der Waals surface area contributed by atoms with Crippen LogP contribution in [-0.2, 0) is 28.0 Å². The Bertz CT molecular complexity index is 1270. The number of carbonyl (C=O) groups is 2. The molecular formula is C33H41BrN2O4. The molecule has 0 spiro atoms. The summed E-state index contributed by atoms with van der Waals surface area (Å²) in [5.41, 5.74) is 2.97. The minimum atomic E-state index is -0.731.